The first-order valence-corrected chi connectivity index (χ1v) is 3.06. The van der Waals surface area contributed by atoms with Gasteiger partial charge in [-0.1, -0.05) is 11.6 Å². The van der Waals surface area contributed by atoms with Crippen molar-refractivity contribution in [2.45, 2.75) is 4.90 Å². The molecule has 1 aromatic rings. The summed E-state index contributed by atoms with van der Waals surface area (Å²) >= 11 is 9.65. The fraction of sp³-hybridized carbons (Fsp3) is 0. The predicted octanol–water partition coefficient (Wildman–Crippen LogP) is 3.09. The largest absolute Gasteiger partial charge is 0.269 e. The van der Waals surface area contributed by atoms with Crippen LogP contribution in [0, 0.1) is 0 Å². The molecule has 0 aliphatic carbocycles. The highest BCUT2D eigenvalue weighted by atomic mass is 35.5. The standard InChI is InChI=1S/C6H5ClS.3FH/c7-5-1-3-6(8)4-2-5;;;/h1-4,8H;3*1H. The second-order valence-corrected chi connectivity index (χ2v) is 2.43. The minimum atomic E-state index is 0. The highest BCUT2D eigenvalue weighted by molar-refractivity contribution is 7.80. The Kier molecular flexibility index (Phi) is 11.9. The van der Waals surface area contributed by atoms with Crippen LogP contribution in [0.1, 0.15) is 0 Å². The molecule has 0 atom stereocenters. The summed E-state index contributed by atoms with van der Waals surface area (Å²) in [6.07, 6.45) is 0. The summed E-state index contributed by atoms with van der Waals surface area (Å²) in [5.41, 5.74) is 0. The molecule has 0 aliphatic heterocycles. The van der Waals surface area contributed by atoms with Gasteiger partial charge >= 0.3 is 0 Å². The van der Waals surface area contributed by atoms with Gasteiger partial charge in [0.2, 0.25) is 0 Å². The third kappa shape index (κ3) is 6.06. The molecule has 0 nitrogen and oxygen atoms in total. The van der Waals surface area contributed by atoms with Crippen molar-refractivity contribution in [1.82, 2.24) is 0 Å². The van der Waals surface area contributed by atoms with Crippen LogP contribution in [0.3, 0.4) is 0 Å². The van der Waals surface area contributed by atoms with Crippen LogP contribution in [0.15, 0.2) is 29.2 Å². The second-order valence-electron chi connectivity index (χ2n) is 1.48. The van der Waals surface area contributed by atoms with Crippen LogP contribution in [0.4, 0.5) is 14.1 Å². The molecule has 0 amide bonds. The van der Waals surface area contributed by atoms with Gasteiger partial charge in [0.05, 0.1) is 0 Å². The lowest BCUT2D eigenvalue weighted by Gasteiger charge is -1.87. The van der Waals surface area contributed by atoms with Gasteiger partial charge in [-0.25, -0.2) is 0 Å². The maximum Gasteiger partial charge on any atom is 0.0406 e. The maximum absolute atomic E-state index is 5.58. The quantitative estimate of drug-likeness (QED) is 0.617. The highest BCUT2D eigenvalue weighted by Gasteiger charge is 1.82. The van der Waals surface area contributed by atoms with E-state index in [0.717, 1.165) is 9.92 Å². The van der Waals surface area contributed by atoms with Gasteiger partial charge in [0.1, 0.15) is 0 Å². The van der Waals surface area contributed by atoms with Gasteiger partial charge in [-0.3, -0.25) is 14.1 Å². The lowest BCUT2D eigenvalue weighted by molar-refractivity contribution is 1.11. The smallest absolute Gasteiger partial charge is 0.0406 e. The van der Waals surface area contributed by atoms with Crippen molar-refractivity contribution < 1.29 is 14.1 Å². The first kappa shape index (κ1) is 16.9. The van der Waals surface area contributed by atoms with Crippen molar-refractivity contribution in [2.75, 3.05) is 0 Å². The van der Waals surface area contributed by atoms with Crippen LogP contribution >= 0.6 is 24.2 Å². The average Bonchev–Trinajstić information content (AvgIpc) is 1.77. The third-order valence-corrected chi connectivity index (χ3v) is 1.38. The van der Waals surface area contributed by atoms with E-state index in [1.165, 1.54) is 0 Å². The number of hydrogen-bond acceptors (Lipinski definition) is 1. The topological polar surface area (TPSA) is 0 Å². The van der Waals surface area contributed by atoms with Crippen LogP contribution in [0.25, 0.3) is 0 Å². The summed E-state index contributed by atoms with van der Waals surface area (Å²) in [5.74, 6) is 0. The summed E-state index contributed by atoms with van der Waals surface area (Å²) in [4.78, 5) is 0.939. The fourth-order valence-corrected chi connectivity index (χ4v) is 0.716. The van der Waals surface area contributed by atoms with E-state index in [9.17, 15) is 0 Å². The molecule has 0 radical (unpaired) electrons. The summed E-state index contributed by atoms with van der Waals surface area (Å²) in [5, 5.41) is 0.753. The van der Waals surface area contributed by atoms with E-state index in [2.05, 4.69) is 12.6 Å². The Morgan fingerprint density at radius 3 is 1.55 bits per heavy atom. The molecule has 11 heavy (non-hydrogen) atoms. The molecule has 0 aliphatic rings. The Labute approximate surface area is 73.1 Å². The Hall–Kier alpha value is -0.350. The summed E-state index contributed by atoms with van der Waals surface area (Å²) < 4.78 is 0. The van der Waals surface area contributed by atoms with E-state index in [-0.39, 0.29) is 14.1 Å². The Bertz CT molecular complexity index is 157. The van der Waals surface area contributed by atoms with Crippen molar-refractivity contribution in [1.29, 1.82) is 0 Å². The van der Waals surface area contributed by atoms with Crippen molar-refractivity contribution in [3.63, 3.8) is 0 Å². The van der Waals surface area contributed by atoms with Gasteiger partial charge in [0.25, 0.3) is 0 Å². The van der Waals surface area contributed by atoms with Gasteiger partial charge in [0.15, 0.2) is 0 Å². The SMILES string of the molecule is F.F.F.Sc1ccc(Cl)cc1. The molecule has 5 heteroatoms. The maximum atomic E-state index is 5.58. The van der Waals surface area contributed by atoms with Gasteiger partial charge in [-0.2, -0.15) is 0 Å². The zero-order valence-corrected chi connectivity index (χ0v) is 7.01. The monoisotopic (exact) mass is 204 g/mol. The fourth-order valence-electron chi connectivity index (χ4n) is 0.441. The van der Waals surface area contributed by atoms with E-state index in [0.29, 0.717) is 0 Å². The second kappa shape index (κ2) is 7.75. The van der Waals surface area contributed by atoms with Crippen molar-refractivity contribution in [3.8, 4) is 0 Å². The van der Waals surface area contributed by atoms with Gasteiger partial charge in [0, 0.05) is 9.92 Å². The molecule has 1 aromatic carbocycles. The first-order chi connectivity index (χ1) is 3.79. The third-order valence-electron chi connectivity index (χ3n) is 0.827. The minimum Gasteiger partial charge on any atom is -0.269 e. The molecule has 0 saturated carbocycles. The summed E-state index contributed by atoms with van der Waals surface area (Å²) in [6.45, 7) is 0. The number of thiol groups is 1. The molecule has 0 fully saturated rings. The number of benzene rings is 1. The van der Waals surface area contributed by atoms with E-state index in [1.807, 2.05) is 24.3 Å². The van der Waals surface area contributed by atoms with Crippen LogP contribution in [-0.4, -0.2) is 0 Å². The molecule has 0 saturated heterocycles. The Morgan fingerprint density at radius 1 is 0.909 bits per heavy atom. The van der Waals surface area contributed by atoms with Crippen LogP contribution in [-0.2, 0) is 0 Å². The molecular weight excluding hydrogens is 197 g/mol. The van der Waals surface area contributed by atoms with E-state index in [1.54, 1.807) is 0 Å². The van der Waals surface area contributed by atoms with E-state index in [4.69, 9.17) is 11.6 Å². The number of halogens is 4. The van der Waals surface area contributed by atoms with Crippen LogP contribution < -0.4 is 0 Å². The van der Waals surface area contributed by atoms with Crippen LogP contribution in [0.2, 0.25) is 5.02 Å². The molecule has 0 N–H and O–H groups in total. The molecule has 0 unspecified atom stereocenters. The van der Waals surface area contributed by atoms with Gasteiger partial charge in [-0.05, 0) is 24.3 Å². The minimum absolute atomic E-state index is 0. The molecular formula is C6H8ClF3S. The average molecular weight is 205 g/mol. The zero-order chi connectivity index (χ0) is 5.98. The predicted molar refractivity (Wildman–Crippen MR) is 46.2 cm³/mol. The lowest BCUT2D eigenvalue weighted by Crippen LogP contribution is -1.61. The molecule has 0 heterocycles. The zero-order valence-electron chi connectivity index (χ0n) is 5.36. The molecule has 0 aromatic heterocycles. The highest BCUT2D eigenvalue weighted by Crippen LogP contribution is 2.11. The molecule has 0 spiro atoms. The Balaban J connectivity index is -0.000000213. The summed E-state index contributed by atoms with van der Waals surface area (Å²) in [6, 6.07) is 7.32. The van der Waals surface area contributed by atoms with E-state index < -0.39 is 0 Å². The number of rotatable bonds is 0. The van der Waals surface area contributed by atoms with Gasteiger partial charge in [-0.15, -0.1) is 12.6 Å². The first-order valence-electron chi connectivity index (χ1n) is 2.23. The van der Waals surface area contributed by atoms with Crippen LogP contribution in [0.5, 0.6) is 0 Å². The molecule has 1 rings (SSSR count). The Morgan fingerprint density at radius 2 is 1.27 bits per heavy atom. The molecule has 0 bridgehead atoms. The van der Waals surface area contributed by atoms with Crippen molar-refractivity contribution in [3.05, 3.63) is 29.3 Å². The number of hydrogen-bond donors (Lipinski definition) is 1. The summed E-state index contributed by atoms with van der Waals surface area (Å²) in [7, 11) is 0. The van der Waals surface area contributed by atoms with Gasteiger partial charge < -0.3 is 0 Å². The van der Waals surface area contributed by atoms with Crippen molar-refractivity contribution in [2.24, 2.45) is 0 Å². The normalized spacial score (nSPS) is 6.73. The van der Waals surface area contributed by atoms with E-state index >= 15 is 0 Å². The molecule has 66 valence electrons. The van der Waals surface area contributed by atoms with Crippen molar-refractivity contribution >= 4 is 24.2 Å². The lowest BCUT2D eigenvalue weighted by atomic mass is 10.4.